The largest absolute Gasteiger partial charge is 0.392 e. The summed E-state index contributed by atoms with van der Waals surface area (Å²) in [7, 11) is 0. The Morgan fingerprint density at radius 2 is 1.89 bits per heavy atom. The lowest BCUT2D eigenvalue weighted by Gasteiger charge is -2.34. The molecule has 0 aromatic rings. The van der Waals surface area contributed by atoms with Crippen LogP contribution in [0.3, 0.4) is 0 Å². The molecule has 0 radical (unpaired) electrons. The van der Waals surface area contributed by atoms with Crippen LogP contribution in [0.1, 0.15) is 51.9 Å². The third-order valence-corrected chi connectivity index (χ3v) is 4.84. The SMILES string of the molecule is CCNCC1CCCN(CC(O)CC2CCCC2)C1. The van der Waals surface area contributed by atoms with Crippen molar-refractivity contribution in [3.05, 3.63) is 0 Å². The van der Waals surface area contributed by atoms with Crippen molar-refractivity contribution in [2.75, 3.05) is 32.7 Å². The van der Waals surface area contributed by atoms with E-state index in [-0.39, 0.29) is 6.10 Å². The van der Waals surface area contributed by atoms with Crippen LogP contribution in [0, 0.1) is 11.8 Å². The van der Waals surface area contributed by atoms with Crippen LogP contribution in [0.4, 0.5) is 0 Å². The molecule has 2 aliphatic rings. The van der Waals surface area contributed by atoms with Crippen molar-refractivity contribution in [1.82, 2.24) is 10.2 Å². The number of nitrogens with zero attached hydrogens (tertiary/aromatic N) is 1. The molecule has 1 saturated heterocycles. The van der Waals surface area contributed by atoms with Gasteiger partial charge in [-0.25, -0.2) is 0 Å². The number of hydrogen-bond acceptors (Lipinski definition) is 3. The second-order valence-corrected chi connectivity index (χ2v) is 6.62. The summed E-state index contributed by atoms with van der Waals surface area (Å²) in [5.74, 6) is 1.59. The molecule has 0 bridgehead atoms. The molecule has 2 rings (SSSR count). The minimum absolute atomic E-state index is 0.0963. The monoisotopic (exact) mass is 268 g/mol. The van der Waals surface area contributed by atoms with Gasteiger partial charge in [0.2, 0.25) is 0 Å². The number of rotatable bonds is 7. The lowest BCUT2D eigenvalue weighted by Crippen LogP contribution is -2.43. The zero-order chi connectivity index (χ0) is 13.5. The molecule has 1 aliphatic carbocycles. The van der Waals surface area contributed by atoms with E-state index in [4.69, 9.17) is 0 Å². The van der Waals surface area contributed by atoms with Crippen molar-refractivity contribution in [2.45, 2.75) is 58.0 Å². The van der Waals surface area contributed by atoms with Gasteiger partial charge < -0.3 is 15.3 Å². The molecule has 1 aliphatic heterocycles. The molecular weight excluding hydrogens is 236 g/mol. The van der Waals surface area contributed by atoms with Crippen LogP contribution >= 0.6 is 0 Å². The Labute approximate surface area is 118 Å². The van der Waals surface area contributed by atoms with Crippen LogP contribution < -0.4 is 5.32 Å². The van der Waals surface area contributed by atoms with E-state index in [0.29, 0.717) is 0 Å². The summed E-state index contributed by atoms with van der Waals surface area (Å²) in [4.78, 5) is 2.49. The number of hydrogen-bond donors (Lipinski definition) is 2. The first kappa shape index (κ1) is 15.3. The first-order valence-corrected chi connectivity index (χ1v) is 8.39. The fourth-order valence-corrected chi connectivity index (χ4v) is 3.84. The summed E-state index contributed by atoms with van der Waals surface area (Å²) in [5.41, 5.74) is 0. The van der Waals surface area contributed by atoms with Crippen molar-refractivity contribution in [2.24, 2.45) is 11.8 Å². The van der Waals surface area contributed by atoms with Crippen molar-refractivity contribution in [3.63, 3.8) is 0 Å². The molecule has 3 heteroatoms. The molecule has 0 aromatic heterocycles. The molecule has 19 heavy (non-hydrogen) atoms. The second-order valence-electron chi connectivity index (χ2n) is 6.62. The van der Waals surface area contributed by atoms with Gasteiger partial charge in [0.05, 0.1) is 6.10 Å². The third kappa shape index (κ3) is 5.41. The number of aliphatic hydroxyl groups excluding tert-OH is 1. The summed E-state index contributed by atoms with van der Waals surface area (Å²) in [6, 6.07) is 0. The van der Waals surface area contributed by atoms with Gasteiger partial charge >= 0.3 is 0 Å². The second kappa shape index (κ2) is 8.23. The molecule has 1 heterocycles. The molecule has 2 atom stereocenters. The molecule has 0 amide bonds. The molecule has 0 spiro atoms. The topological polar surface area (TPSA) is 35.5 Å². The highest BCUT2D eigenvalue weighted by Crippen LogP contribution is 2.29. The Balaban J connectivity index is 1.65. The third-order valence-electron chi connectivity index (χ3n) is 4.84. The zero-order valence-corrected chi connectivity index (χ0v) is 12.6. The fourth-order valence-electron chi connectivity index (χ4n) is 3.84. The predicted octanol–water partition coefficient (Wildman–Crippen LogP) is 2.25. The van der Waals surface area contributed by atoms with Crippen molar-refractivity contribution in [3.8, 4) is 0 Å². The number of nitrogens with one attached hydrogen (secondary N) is 1. The quantitative estimate of drug-likeness (QED) is 0.743. The average Bonchev–Trinajstić information content (AvgIpc) is 2.89. The highest BCUT2D eigenvalue weighted by atomic mass is 16.3. The van der Waals surface area contributed by atoms with Crippen molar-refractivity contribution < 1.29 is 5.11 Å². The predicted molar refractivity (Wildman–Crippen MR) is 80.3 cm³/mol. The molecule has 2 unspecified atom stereocenters. The maximum absolute atomic E-state index is 10.3. The molecule has 112 valence electrons. The molecule has 0 aromatic carbocycles. The normalized spacial score (nSPS) is 27.8. The molecule has 2 fully saturated rings. The Bertz CT molecular complexity index is 241. The fraction of sp³-hybridized carbons (Fsp3) is 1.00. The van der Waals surface area contributed by atoms with E-state index >= 15 is 0 Å². The Hall–Kier alpha value is -0.120. The summed E-state index contributed by atoms with van der Waals surface area (Å²) in [6.45, 7) is 7.65. The highest BCUT2D eigenvalue weighted by molar-refractivity contribution is 4.78. The first-order valence-electron chi connectivity index (χ1n) is 8.39. The van der Waals surface area contributed by atoms with Gasteiger partial charge in [0, 0.05) is 13.1 Å². The van der Waals surface area contributed by atoms with E-state index in [1.165, 1.54) is 51.6 Å². The van der Waals surface area contributed by atoms with Crippen LogP contribution in [-0.4, -0.2) is 48.8 Å². The summed E-state index contributed by atoms with van der Waals surface area (Å²) >= 11 is 0. The first-order chi connectivity index (χ1) is 9.28. The molecule has 2 N–H and O–H groups in total. The smallest absolute Gasteiger partial charge is 0.0669 e. The van der Waals surface area contributed by atoms with Gasteiger partial charge in [-0.3, -0.25) is 0 Å². The zero-order valence-electron chi connectivity index (χ0n) is 12.6. The maximum Gasteiger partial charge on any atom is 0.0669 e. The van der Waals surface area contributed by atoms with E-state index in [1.54, 1.807) is 0 Å². The van der Waals surface area contributed by atoms with E-state index in [2.05, 4.69) is 17.1 Å². The van der Waals surface area contributed by atoms with E-state index in [9.17, 15) is 5.11 Å². The summed E-state index contributed by atoms with van der Waals surface area (Å²) in [5, 5.41) is 13.7. The average molecular weight is 268 g/mol. The lowest BCUT2D eigenvalue weighted by atomic mass is 9.96. The van der Waals surface area contributed by atoms with Crippen LogP contribution in [0.15, 0.2) is 0 Å². The Morgan fingerprint density at radius 1 is 1.16 bits per heavy atom. The van der Waals surface area contributed by atoms with Gasteiger partial charge in [-0.15, -0.1) is 0 Å². The standard InChI is InChI=1S/C16H32N2O/c1-2-17-11-15-8-5-9-18(12-15)13-16(19)10-14-6-3-4-7-14/h14-17,19H,2-13H2,1H3. The Kier molecular flexibility index (Phi) is 6.62. The number of piperidine rings is 1. The van der Waals surface area contributed by atoms with Crippen LogP contribution in [-0.2, 0) is 0 Å². The minimum atomic E-state index is -0.0963. The van der Waals surface area contributed by atoms with Crippen LogP contribution in [0.25, 0.3) is 0 Å². The van der Waals surface area contributed by atoms with Gasteiger partial charge in [0.1, 0.15) is 0 Å². The summed E-state index contributed by atoms with van der Waals surface area (Å²) < 4.78 is 0. The van der Waals surface area contributed by atoms with Gasteiger partial charge in [-0.1, -0.05) is 32.6 Å². The number of aliphatic hydroxyl groups is 1. The van der Waals surface area contributed by atoms with Gasteiger partial charge in [-0.2, -0.15) is 0 Å². The lowest BCUT2D eigenvalue weighted by molar-refractivity contribution is 0.0690. The molecule has 1 saturated carbocycles. The Morgan fingerprint density at radius 3 is 2.63 bits per heavy atom. The van der Waals surface area contributed by atoms with Gasteiger partial charge in [0.15, 0.2) is 0 Å². The summed E-state index contributed by atoms with van der Waals surface area (Å²) in [6.07, 6.45) is 9.04. The highest BCUT2D eigenvalue weighted by Gasteiger charge is 2.24. The van der Waals surface area contributed by atoms with Crippen LogP contribution in [0.2, 0.25) is 0 Å². The van der Waals surface area contributed by atoms with Crippen molar-refractivity contribution in [1.29, 1.82) is 0 Å². The maximum atomic E-state index is 10.3. The van der Waals surface area contributed by atoms with Gasteiger partial charge in [-0.05, 0) is 50.7 Å². The van der Waals surface area contributed by atoms with Crippen LogP contribution in [0.5, 0.6) is 0 Å². The number of β-amino-alcohol motifs (C(OH)–C–C–N with tert-alkyl or cyclic N) is 1. The van der Waals surface area contributed by atoms with E-state index in [0.717, 1.165) is 37.9 Å². The number of likely N-dealkylation sites (tertiary alicyclic amines) is 1. The molecular formula is C16H32N2O. The van der Waals surface area contributed by atoms with Crippen molar-refractivity contribution >= 4 is 0 Å². The van der Waals surface area contributed by atoms with E-state index in [1.807, 2.05) is 0 Å². The molecule has 3 nitrogen and oxygen atoms in total. The minimum Gasteiger partial charge on any atom is -0.392 e. The van der Waals surface area contributed by atoms with Gasteiger partial charge in [0.25, 0.3) is 0 Å². The van der Waals surface area contributed by atoms with E-state index < -0.39 is 0 Å².